The molecule has 1 heterocycles. The van der Waals surface area contributed by atoms with Gasteiger partial charge in [0, 0.05) is 5.02 Å². The number of carboxylic acid groups (broad SMARTS) is 1. The van der Waals surface area contributed by atoms with E-state index >= 15 is 0 Å². The molecule has 2 aromatic carbocycles. The molecule has 0 amide bonds. The third-order valence-corrected chi connectivity index (χ3v) is 3.32. The van der Waals surface area contributed by atoms with Crippen molar-refractivity contribution in [2.45, 2.75) is 6.92 Å². The van der Waals surface area contributed by atoms with Gasteiger partial charge in [-0.25, -0.2) is 4.79 Å². The van der Waals surface area contributed by atoms with Gasteiger partial charge in [0.2, 0.25) is 0 Å². The standard InChI is InChI=1S/C14H10ClN3O3/c1-7-4-8(14(20)21)5-12(13(7)19)18-16-10-3-2-9(15)6-11(10)17-18/h2-6,19H,1H3,(H,20,21). The second-order valence-electron chi connectivity index (χ2n) is 4.59. The number of fused-ring (bicyclic) bond motifs is 1. The van der Waals surface area contributed by atoms with E-state index in [-0.39, 0.29) is 17.0 Å². The maximum atomic E-state index is 11.1. The molecule has 6 nitrogen and oxygen atoms in total. The number of halogens is 1. The van der Waals surface area contributed by atoms with Gasteiger partial charge in [0.1, 0.15) is 22.5 Å². The van der Waals surface area contributed by atoms with Gasteiger partial charge in [0.15, 0.2) is 0 Å². The van der Waals surface area contributed by atoms with Crippen LogP contribution in [0, 0.1) is 6.92 Å². The van der Waals surface area contributed by atoms with E-state index in [4.69, 9.17) is 16.7 Å². The molecule has 1 aromatic heterocycles. The predicted octanol–water partition coefficient (Wildman–Crippen LogP) is 2.79. The fourth-order valence-corrected chi connectivity index (χ4v) is 2.20. The number of aromatic nitrogens is 3. The number of aromatic hydroxyl groups is 1. The van der Waals surface area contributed by atoms with Crippen molar-refractivity contribution in [1.82, 2.24) is 15.0 Å². The lowest BCUT2D eigenvalue weighted by Gasteiger charge is -2.07. The molecular formula is C14H10ClN3O3. The molecule has 0 radical (unpaired) electrons. The fourth-order valence-electron chi connectivity index (χ4n) is 2.03. The summed E-state index contributed by atoms with van der Waals surface area (Å²) in [5.74, 6) is -1.15. The smallest absolute Gasteiger partial charge is 0.335 e. The van der Waals surface area contributed by atoms with Crippen molar-refractivity contribution in [3.63, 3.8) is 0 Å². The Morgan fingerprint density at radius 3 is 2.62 bits per heavy atom. The molecule has 0 fully saturated rings. The average molecular weight is 304 g/mol. The van der Waals surface area contributed by atoms with E-state index in [1.807, 2.05) is 0 Å². The van der Waals surface area contributed by atoms with E-state index in [1.54, 1.807) is 25.1 Å². The van der Waals surface area contributed by atoms with Crippen LogP contribution in [-0.4, -0.2) is 31.2 Å². The number of carbonyl (C=O) groups is 1. The van der Waals surface area contributed by atoms with E-state index in [9.17, 15) is 9.90 Å². The summed E-state index contributed by atoms with van der Waals surface area (Å²) in [7, 11) is 0. The molecule has 0 bridgehead atoms. The molecule has 0 spiro atoms. The lowest BCUT2D eigenvalue weighted by atomic mass is 10.1. The van der Waals surface area contributed by atoms with Crippen LogP contribution < -0.4 is 0 Å². The second kappa shape index (κ2) is 4.75. The first-order chi connectivity index (χ1) is 9.95. The highest BCUT2D eigenvalue weighted by Crippen LogP contribution is 2.27. The molecule has 106 valence electrons. The molecule has 2 N–H and O–H groups in total. The van der Waals surface area contributed by atoms with Crippen LogP contribution in [0.1, 0.15) is 15.9 Å². The molecule has 3 aromatic rings. The lowest BCUT2D eigenvalue weighted by Crippen LogP contribution is -2.04. The van der Waals surface area contributed by atoms with Gasteiger partial charge in [-0.1, -0.05) is 11.6 Å². The minimum absolute atomic E-state index is 0.0553. The summed E-state index contributed by atoms with van der Waals surface area (Å²) in [6.45, 7) is 1.62. The third-order valence-electron chi connectivity index (χ3n) is 3.09. The van der Waals surface area contributed by atoms with Crippen molar-refractivity contribution in [2.24, 2.45) is 0 Å². The zero-order valence-corrected chi connectivity index (χ0v) is 11.7. The summed E-state index contributed by atoms with van der Waals surface area (Å²) in [4.78, 5) is 12.3. The Labute approximate surface area is 124 Å². The second-order valence-corrected chi connectivity index (χ2v) is 5.02. The summed E-state index contributed by atoms with van der Waals surface area (Å²) >= 11 is 5.89. The minimum Gasteiger partial charge on any atom is -0.505 e. The first kappa shape index (κ1) is 13.4. The van der Waals surface area contributed by atoms with Crippen molar-refractivity contribution < 1.29 is 15.0 Å². The summed E-state index contributed by atoms with van der Waals surface area (Å²) in [5.41, 5.74) is 1.85. The summed E-state index contributed by atoms with van der Waals surface area (Å²) < 4.78 is 0. The number of phenols is 1. The van der Waals surface area contributed by atoms with Crippen LogP contribution in [0.2, 0.25) is 5.02 Å². The van der Waals surface area contributed by atoms with Crippen LogP contribution in [0.25, 0.3) is 16.7 Å². The first-order valence-corrected chi connectivity index (χ1v) is 6.43. The molecule has 0 saturated heterocycles. The van der Waals surface area contributed by atoms with Crippen LogP contribution in [-0.2, 0) is 0 Å². The number of nitrogens with zero attached hydrogens (tertiary/aromatic N) is 3. The lowest BCUT2D eigenvalue weighted by molar-refractivity contribution is 0.0696. The Morgan fingerprint density at radius 1 is 1.19 bits per heavy atom. The molecule has 21 heavy (non-hydrogen) atoms. The molecule has 7 heteroatoms. The number of phenolic OH excluding ortho intramolecular Hbond substituents is 1. The molecule has 0 aliphatic heterocycles. The van der Waals surface area contributed by atoms with Gasteiger partial charge in [-0.05, 0) is 42.8 Å². The number of aryl methyl sites for hydroxylation is 1. The van der Waals surface area contributed by atoms with E-state index in [0.717, 1.165) is 0 Å². The average Bonchev–Trinajstić information content (AvgIpc) is 2.84. The van der Waals surface area contributed by atoms with Crippen LogP contribution in [0.4, 0.5) is 0 Å². The molecule has 0 atom stereocenters. The van der Waals surface area contributed by atoms with Crippen molar-refractivity contribution >= 4 is 28.6 Å². The van der Waals surface area contributed by atoms with E-state index < -0.39 is 5.97 Å². The molecular weight excluding hydrogens is 294 g/mol. The van der Waals surface area contributed by atoms with Crippen LogP contribution >= 0.6 is 11.6 Å². The zero-order valence-electron chi connectivity index (χ0n) is 10.9. The maximum Gasteiger partial charge on any atom is 0.335 e. The number of carboxylic acids is 1. The Kier molecular flexibility index (Phi) is 3.03. The first-order valence-electron chi connectivity index (χ1n) is 6.05. The van der Waals surface area contributed by atoms with Crippen LogP contribution in [0.3, 0.4) is 0 Å². The summed E-state index contributed by atoms with van der Waals surface area (Å²) in [6.07, 6.45) is 0. The Morgan fingerprint density at radius 2 is 1.90 bits per heavy atom. The molecule has 0 saturated carbocycles. The monoisotopic (exact) mass is 303 g/mol. The molecule has 3 rings (SSSR count). The summed E-state index contributed by atoms with van der Waals surface area (Å²) in [6, 6.07) is 7.74. The summed E-state index contributed by atoms with van der Waals surface area (Å²) in [5, 5.41) is 28.2. The SMILES string of the molecule is Cc1cc(C(=O)O)cc(-n2nc3ccc(Cl)cc3n2)c1O. The van der Waals surface area contributed by atoms with Crippen molar-refractivity contribution in [3.8, 4) is 11.4 Å². The van der Waals surface area contributed by atoms with E-state index in [0.29, 0.717) is 21.6 Å². The number of rotatable bonds is 2. The van der Waals surface area contributed by atoms with E-state index in [2.05, 4.69) is 10.2 Å². The van der Waals surface area contributed by atoms with Gasteiger partial charge in [-0.3, -0.25) is 0 Å². The third kappa shape index (κ3) is 2.30. The van der Waals surface area contributed by atoms with Gasteiger partial charge in [-0.15, -0.1) is 15.0 Å². The fraction of sp³-hybridized carbons (Fsp3) is 0.0714. The highest BCUT2D eigenvalue weighted by molar-refractivity contribution is 6.31. The number of hydrogen-bond acceptors (Lipinski definition) is 4. The Bertz CT molecular complexity index is 873. The largest absolute Gasteiger partial charge is 0.505 e. The van der Waals surface area contributed by atoms with E-state index in [1.165, 1.54) is 16.9 Å². The number of aromatic carboxylic acids is 1. The van der Waals surface area contributed by atoms with Crippen molar-refractivity contribution in [2.75, 3.05) is 0 Å². The van der Waals surface area contributed by atoms with Gasteiger partial charge >= 0.3 is 5.97 Å². The predicted molar refractivity (Wildman–Crippen MR) is 77.2 cm³/mol. The van der Waals surface area contributed by atoms with Crippen molar-refractivity contribution in [3.05, 3.63) is 46.5 Å². The van der Waals surface area contributed by atoms with Gasteiger partial charge in [0.25, 0.3) is 0 Å². The highest BCUT2D eigenvalue weighted by atomic mass is 35.5. The number of benzene rings is 2. The Hall–Kier alpha value is -2.60. The maximum absolute atomic E-state index is 11.1. The normalized spacial score (nSPS) is 11.0. The molecule has 0 aliphatic carbocycles. The topological polar surface area (TPSA) is 88.2 Å². The molecule has 0 unspecified atom stereocenters. The van der Waals surface area contributed by atoms with Gasteiger partial charge in [0.05, 0.1) is 5.56 Å². The zero-order chi connectivity index (χ0) is 15.1. The molecule has 0 aliphatic rings. The highest BCUT2D eigenvalue weighted by Gasteiger charge is 2.15. The van der Waals surface area contributed by atoms with Gasteiger partial charge in [-0.2, -0.15) is 0 Å². The van der Waals surface area contributed by atoms with Crippen LogP contribution in [0.5, 0.6) is 5.75 Å². The van der Waals surface area contributed by atoms with Crippen molar-refractivity contribution in [1.29, 1.82) is 0 Å². The quantitative estimate of drug-likeness (QED) is 0.760. The minimum atomic E-state index is -1.08. The van der Waals surface area contributed by atoms with Crippen LogP contribution in [0.15, 0.2) is 30.3 Å². The van der Waals surface area contributed by atoms with Gasteiger partial charge < -0.3 is 10.2 Å². The number of hydrogen-bond donors (Lipinski definition) is 2. The Balaban J connectivity index is 2.24.